The van der Waals surface area contributed by atoms with E-state index in [1.807, 2.05) is 13.8 Å². The highest BCUT2D eigenvalue weighted by Crippen LogP contribution is 2.16. The molecule has 6 nitrogen and oxygen atoms in total. The van der Waals surface area contributed by atoms with Crippen molar-refractivity contribution >= 4 is 12.1 Å². The lowest BCUT2D eigenvalue weighted by Crippen LogP contribution is -2.48. The zero-order chi connectivity index (χ0) is 17.3. The van der Waals surface area contributed by atoms with Crippen molar-refractivity contribution in [3.63, 3.8) is 0 Å². The lowest BCUT2D eigenvalue weighted by Gasteiger charge is -2.31. The van der Waals surface area contributed by atoms with Gasteiger partial charge in [0, 0.05) is 12.1 Å². The number of hydrogen-bond acceptors (Lipinski definition) is 5. The maximum absolute atomic E-state index is 11.8. The van der Waals surface area contributed by atoms with Gasteiger partial charge >= 0.3 is 12.1 Å². The Labute approximate surface area is 139 Å². The van der Waals surface area contributed by atoms with Gasteiger partial charge in [-0.25, -0.2) is 9.59 Å². The number of rotatable bonds is 11. The van der Waals surface area contributed by atoms with Gasteiger partial charge in [-0.1, -0.05) is 33.1 Å². The van der Waals surface area contributed by atoms with E-state index < -0.39 is 18.2 Å². The molecule has 1 heterocycles. The summed E-state index contributed by atoms with van der Waals surface area (Å²) in [6.45, 7) is 8.53. The molecule has 134 valence electrons. The molecule has 0 aromatic rings. The smallest absolute Gasteiger partial charge is 0.374 e. The number of alkyl carbamates (subject to hydrolysis) is 1. The van der Waals surface area contributed by atoms with Crippen LogP contribution in [-0.4, -0.2) is 55.3 Å². The molecule has 2 atom stereocenters. The summed E-state index contributed by atoms with van der Waals surface area (Å²) in [5, 5.41) is 2.82. The van der Waals surface area contributed by atoms with Crippen LogP contribution in [-0.2, 0) is 14.3 Å². The molecule has 0 radical (unpaired) electrons. The standard InChI is InChI=1S/C17H32N2O4/c1-5-7-8-9-11-19(4)12-10-17(3,6-2)18-16(21)23-15(20)14-13-22-14/h14H,5-13H2,1-4H3,(H,18,21)/t14?,17-/m0/s1. The Morgan fingerprint density at radius 1 is 1.26 bits per heavy atom. The number of carbonyl (C=O) groups is 2. The van der Waals surface area contributed by atoms with E-state index in [1.54, 1.807) is 0 Å². The van der Waals surface area contributed by atoms with Crippen molar-refractivity contribution in [3.05, 3.63) is 0 Å². The number of epoxide rings is 1. The van der Waals surface area contributed by atoms with Gasteiger partial charge in [-0.2, -0.15) is 0 Å². The summed E-state index contributed by atoms with van der Waals surface area (Å²) in [5.74, 6) is -0.603. The maximum atomic E-state index is 11.8. The Kier molecular flexibility index (Phi) is 8.55. The molecule has 0 saturated carbocycles. The number of ether oxygens (including phenoxy) is 2. The van der Waals surface area contributed by atoms with Gasteiger partial charge in [0.1, 0.15) is 0 Å². The minimum atomic E-state index is -0.680. The number of nitrogens with one attached hydrogen (secondary N) is 1. The maximum Gasteiger partial charge on any atom is 0.415 e. The van der Waals surface area contributed by atoms with E-state index in [9.17, 15) is 9.59 Å². The Balaban J connectivity index is 2.28. The molecule has 23 heavy (non-hydrogen) atoms. The number of esters is 1. The van der Waals surface area contributed by atoms with Gasteiger partial charge in [-0.05, 0) is 39.8 Å². The molecule has 1 saturated heterocycles. The van der Waals surface area contributed by atoms with Crippen LogP contribution in [0.3, 0.4) is 0 Å². The quantitative estimate of drug-likeness (QED) is 0.273. The Bertz CT molecular complexity index is 385. The first-order valence-electron chi connectivity index (χ1n) is 8.74. The van der Waals surface area contributed by atoms with E-state index in [-0.39, 0.29) is 5.54 Å². The van der Waals surface area contributed by atoms with Crippen LogP contribution in [0.2, 0.25) is 0 Å². The van der Waals surface area contributed by atoms with Crippen LogP contribution in [0.5, 0.6) is 0 Å². The van der Waals surface area contributed by atoms with Crippen molar-refractivity contribution in [2.75, 3.05) is 26.7 Å². The molecule has 1 aliphatic rings. The largest absolute Gasteiger partial charge is 0.415 e. The zero-order valence-electron chi connectivity index (χ0n) is 15.0. The van der Waals surface area contributed by atoms with Gasteiger partial charge in [0.05, 0.1) is 6.61 Å². The number of unbranched alkanes of at least 4 members (excludes halogenated alkanes) is 3. The molecule has 1 N–H and O–H groups in total. The third kappa shape index (κ3) is 8.32. The fraction of sp³-hybridized carbons (Fsp3) is 0.882. The summed E-state index contributed by atoms with van der Waals surface area (Å²) < 4.78 is 9.54. The Hall–Kier alpha value is -1.14. The van der Waals surface area contributed by atoms with E-state index in [0.29, 0.717) is 6.61 Å². The van der Waals surface area contributed by atoms with Gasteiger partial charge in [-0.15, -0.1) is 0 Å². The zero-order valence-corrected chi connectivity index (χ0v) is 15.0. The summed E-state index contributed by atoms with van der Waals surface area (Å²) in [7, 11) is 2.11. The molecule has 0 aromatic carbocycles. The molecular weight excluding hydrogens is 296 g/mol. The van der Waals surface area contributed by atoms with Crippen molar-refractivity contribution in [1.29, 1.82) is 0 Å². The second kappa shape index (κ2) is 9.88. The van der Waals surface area contributed by atoms with Crippen LogP contribution < -0.4 is 5.32 Å². The average molecular weight is 328 g/mol. The molecule has 1 fully saturated rings. The van der Waals surface area contributed by atoms with Gasteiger partial charge in [0.15, 0.2) is 6.10 Å². The van der Waals surface area contributed by atoms with Crippen molar-refractivity contribution in [2.45, 2.75) is 70.9 Å². The summed E-state index contributed by atoms with van der Waals surface area (Å²) in [4.78, 5) is 25.5. The number of hydrogen-bond donors (Lipinski definition) is 1. The van der Waals surface area contributed by atoms with Crippen LogP contribution in [0, 0.1) is 0 Å². The first kappa shape index (κ1) is 19.9. The van der Waals surface area contributed by atoms with Crippen molar-refractivity contribution in [3.8, 4) is 0 Å². The average Bonchev–Trinajstić information content (AvgIpc) is 3.34. The molecule has 0 spiro atoms. The fourth-order valence-corrected chi connectivity index (χ4v) is 2.30. The van der Waals surface area contributed by atoms with Gasteiger partial charge in [0.2, 0.25) is 0 Å². The Morgan fingerprint density at radius 3 is 2.52 bits per heavy atom. The van der Waals surface area contributed by atoms with E-state index in [4.69, 9.17) is 9.47 Å². The molecule has 6 heteroatoms. The summed E-state index contributed by atoms with van der Waals surface area (Å²) in [6.07, 6.45) is 5.36. The molecule has 1 unspecified atom stereocenters. The molecule has 1 amide bonds. The summed E-state index contributed by atoms with van der Waals surface area (Å²) >= 11 is 0. The van der Waals surface area contributed by atoms with Crippen LogP contribution >= 0.6 is 0 Å². The fourth-order valence-electron chi connectivity index (χ4n) is 2.30. The SMILES string of the molecule is CCCCCCN(C)CC[C@](C)(CC)NC(=O)OC(=O)C1CO1. The minimum Gasteiger partial charge on any atom is -0.374 e. The monoisotopic (exact) mass is 328 g/mol. The second-order valence-electron chi connectivity index (χ2n) is 6.68. The minimum absolute atomic E-state index is 0.347. The van der Waals surface area contributed by atoms with Crippen LogP contribution in [0.1, 0.15) is 59.3 Å². The second-order valence-corrected chi connectivity index (χ2v) is 6.68. The van der Waals surface area contributed by atoms with Crippen molar-refractivity contribution < 1.29 is 19.1 Å². The van der Waals surface area contributed by atoms with Crippen LogP contribution in [0.15, 0.2) is 0 Å². The molecular formula is C17H32N2O4. The van der Waals surface area contributed by atoms with E-state index in [0.717, 1.165) is 25.9 Å². The summed E-state index contributed by atoms with van der Waals surface area (Å²) in [5.41, 5.74) is -0.376. The topological polar surface area (TPSA) is 71.2 Å². The summed E-state index contributed by atoms with van der Waals surface area (Å²) in [6, 6.07) is 0. The van der Waals surface area contributed by atoms with E-state index in [2.05, 4.69) is 24.2 Å². The van der Waals surface area contributed by atoms with E-state index >= 15 is 0 Å². The highest BCUT2D eigenvalue weighted by molar-refractivity contribution is 5.88. The normalized spacial score (nSPS) is 19.3. The highest BCUT2D eigenvalue weighted by atomic mass is 16.6. The third-order valence-corrected chi connectivity index (χ3v) is 4.41. The molecule has 0 bridgehead atoms. The van der Waals surface area contributed by atoms with Crippen LogP contribution in [0.25, 0.3) is 0 Å². The lowest BCUT2D eigenvalue weighted by atomic mass is 9.94. The Morgan fingerprint density at radius 2 is 1.96 bits per heavy atom. The van der Waals surface area contributed by atoms with Crippen molar-refractivity contribution in [2.24, 2.45) is 0 Å². The predicted octanol–water partition coefficient (Wildman–Crippen LogP) is 2.71. The predicted molar refractivity (Wildman–Crippen MR) is 89.3 cm³/mol. The van der Waals surface area contributed by atoms with E-state index in [1.165, 1.54) is 25.7 Å². The van der Waals surface area contributed by atoms with Crippen molar-refractivity contribution in [1.82, 2.24) is 10.2 Å². The highest BCUT2D eigenvalue weighted by Gasteiger charge is 2.35. The number of nitrogens with zero attached hydrogens (tertiary/aromatic N) is 1. The molecule has 1 rings (SSSR count). The molecule has 0 aromatic heterocycles. The third-order valence-electron chi connectivity index (χ3n) is 4.41. The van der Waals surface area contributed by atoms with Gasteiger partial charge in [0.25, 0.3) is 0 Å². The lowest BCUT2D eigenvalue weighted by molar-refractivity contribution is -0.138. The molecule has 1 aliphatic heterocycles. The number of amides is 1. The van der Waals surface area contributed by atoms with Gasteiger partial charge < -0.3 is 19.7 Å². The van der Waals surface area contributed by atoms with Crippen LogP contribution in [0.4, 0.5) is 4.79 Å². The first-order chi connectivity index (χ1) is 10.9. The first-order valence-corrected chi connectivity index (χ1v) is 8.74. The van der Waals surface area contributed by atoms with Gasteiger partial charge in [-0.3, -0.25) is 0 Å². The number of carbonyl (C=O) groups excluding carboxylic acids is 2. The molecule has 0 aliphatic carbocycles.